The van der Waals surface area contributed by atoms with E-state index in [0.717, 1.165) is 43.5 Å². The molecule has 0 unspecified atom stereocenters. The van der Waals surface area contributed by atoms with Crippen molar-refractivity contribution in [1.82, 2.24) is 4.98 Å². The molecule has 0 amide bonds. The lowest BCUT2D eigenvalue weighted by Crippen LogP contribution is -2.39. The summed E-state index contributed by atoms with van der Waals surface area (Å²) in [6, 6.07) is 8.55. The predicted molar refractivity (Wildman–Crippen MR) is 107 cm³/mol. The number of aryl methyl sites for hydroxylation is 1. The first-order valence-corrected chi connectivity index (χ1v) is 9.28. The van der Waals surface area contributed by atoms with Crippen LogP contribution in [0.25, 0.3) is 0 Å². The first-order chi connectivity index (χ1) is 13.4. The van der Waals surface area contributed by atoms with Crippen LogP contribution in [0.4, 0.5) is 17.2 Å². The van der Waals surface area contributed by atoms with Crippen molar-refractivity contribution in [1.29, 1.82) is 0 Å². The number of nitrogens with one attached hydrogen (secondary N) is 1. The smallest absolute Gasteiger partial charge is 0.339 e. The molecule has 0 radical (unpaired) electrons. The molecular weight excluding hydrogens is 384 g/mol. The van der Waals surface area contributed by atoms with Gasteiger partial charge in [-0.3, -0.25) is 10.1 Å². The monoisotopic (exact) mass is 404 g/mol. The number of carbonyl (C=O) groups is 1. The van der Waals surface area contributed by atoms with Crippen molar-refractivity contribution in [2.75, 3.05) is 30.4 Å². The van der Waals surface area contributed by atoms with Crippen LogP contribution in [0.5, 0.6) is 0 Å². The van der Waals surface area contributed by atoms with Gasteiger partial charge in [-0.25, -0.2) is 9.78 Å². The molecule has 0 saturated carbocycles. The van der Waals surface area contributed by atoms with Gasteiger partial charge in [-0.2, -0.15) is 0 Å². The van der Waals surface area contributed by atoms with E-state index in [4.69, 9.17) is 11.6 Å². The fourth-order valence-corrected chi connectivity index (χ4v) is 3.51. The van der Waals surface area contributed by atoms with Crippen LogP contribution in [0.3, 0.4) is 0 Å². The number of ether oxygens (including phenoxy) is 1. The molecule has 1 aliphatic heterocycles. The molecule has 0 atom stereocenters. The van der Waals surface area contributed by atoms with Crippen LogP contribution in [0.1, 0.15) is 28.9 Å². The summed E-state index contributed by atoms with van der Waals surface area (Å²) in [6.45, 7) is 3.53. The van der Waals surface area contributed by atoms with Crippen LogP contribution in [-0.4, -0.2) is 42.1 Å². The fraction of sp³-hybridized carbons (Fsp3) is 0.368. The van der Waals surface area contributed by atoms with E-state index in [0.29, 0.717) is 5.69 Å². The largest absolute Gasteiger partial charge is 0.465 e. The number of benzene rings is 1. The van der Waals surface area contributed by atoms with E-state index in [-0.39, 0.29) is 22.3 Å². The third-order valence-corrected chi connectivity index (χ3v) is 5.05. The number of hydrogen-bond acceptors (Lipinski definition) is 7. The molecule has 0 spiro atoms. The zero-order chi connectivity index (χ0) is 20.3. The number of halogens is 1. The number of hydrogen-bond donors (Lipinski definition) is 1. The second kappa shape index (κ2) is 8.43. The van der Waals surface area contributed by atoms with Gasteiger partial charge in [0.15, 0.2) is 0 Å². The second-order valence-corrected chi connectivity index (χ2v) is 7.05. The summed E-state index contributed by atoms with van der Waals surface area (Å²) < 4.78 is 4.63. The van der Waals surface area contributed by atoms with Crippen molar-refractivity contribution in [2.45, 2.75) is 25.8 Å². The highest BCUT2D eigenvalue weighted by molar-refractivity contribution is 6.34. The number of carbonyl (C=O) groups excluding carboxylic acids is 1. The third-order valence-electron chi connectivity index (χ3n) is 4.74. The minimum atomic E-state index is -0.710. The van der Waals surface area contributed by atoms with Gasteiger partial charge in [-0.1, -0.05) is 17.7 Å². The van der Waals surface area contributed by atoms with E-state index in [1.54, 1.807) is 0 Å². The maximum absolute atomic E-state index is 11.7. The average molecular weight is 405 g/mol. The van der Waals surface area contributed by atoms with Crippen molar-refractivity contribution in [2.24, 2.45) is 0 Å². The number of aromatic nitrogens is 1. The van der Waals surface area contributed by atoms with E-state index in [1.165, 1.54) is 13.2 Å². The van der Waals surface area contributed by atoms with E-state index in [2.05, 4.69) is 19.9 Å². The van der Waals surface area contributed by atoms with Crippen LogP contribution < -0.4 is 10.2 Å². The Bertz CT molecular complexity index is 897. The Kier molecular flexibility index (Phi) is 5.99. The number of anilines is 2. The van der Waals surface area contributed by atoms with Crippen LogP contribution >= 0.6 is 11.6 Å². The molecule has 2 aromatic rings. The van der Waals surface area contributed by atoms with Gasteiger partial charge in [0.2, 0.25) is 0 Å². The number of methoxy groups -OCH3 is 1. The van der Waals surface area contributed by atoms with Gasteiger partial charge in [-0.15, -0.1) is 0 Å². The lowest BCUT2D eigenvalue weighted by molar-refractivity contribution is -0.384. The Morgan fingerprint density at radius 1 is 1.36 bits per heavy atom. The normalized spacial score (nSPS) is 14.6. The summed E-state index contributed by atoms with van der Waals surface area (Å²) in [5.74, 6) is 0.230. The Balaban J connectivity index is 1.73. The molecule has 1 aromatic carbocycles. The molecule has 9 heteroatoms. The van der Waals surface area contributed by atoms with E-state index in [9.17, 15) is 14.9 Å². The van der Waals surface area contributed by atoms with Crippen LogP contribution in [0.2, 0.25) is 5.02 Å². The van der Waals surface area contributed by atoms with Crippen LogP contribution in [0.15, 0.2) is 30.3 Å². The SMILES string of the molecule is COC(=O)c1cc([N+](=O)[O-])c(NC2CCN(c3cccc(C)n3)CC2)cc1Cl. The van der Waals surface area contributed by atoms with Gasteiger partial charge in [0.1, 0.15) is 11.5 Å². The molecule has 1 N–H and O–H groups in total. The number of nitrogens with zero attached hydrogens (tertiary/aromatic N) is 3. The lowest BCUT2D eigenvalue weighted by atomic mass is 10.0. The topological polar surface area (TPSA) is 97.6 Å². The third kappa shape index (κ3) is 4.33. The Morgan fingerprint density at radius 3 is 2.68 bits per heavy atom. The molecule has 8 nitrogen and oxygen atoms in total. The molecular formula is C19H21ClN4O4. The maximum Gasteiger partial charge on any atom is 0.339 e. The summed E-state index contributed by atoms with van der Waals surface area (Å²) in [5, 5.41) is 14.8. The highest BCUT2D eigenvalue weighted by Crippen LogP contribution is 2.33. The number of pyridine rings is 1. The molecule has 3 rings (SSSR count). The molecule has 148 valence electrons. The summed E-state index contributed by atoms with van der Waals surface area (Å²) in [6.07, 6.45) is 1.59. The molecule has 1 fully saturated rings. The molecule has 28 heavy (non-hydrogen) atoms. The second-order valence-electron chi connectivity index (χ2n) is 6.64. The van der Waals surface area contributed by atoms with Gasteiger partial charge in [-0.05, 0) is 38.0 Å². The highest BCUT2D eigenvalue weighted by atomic mass is 35.5. The Hall–Kier alpha value is -2.87. The quantitative estimate of drug-likeness (QED) is 0.459. The highest BCUT2D eigenvalue weighted by Gasteiger charge is 2.26. The van der Waals surface area contributed by atoms with Crippen LogP contribution in [0, 0.1) is 17.0 Å². The van der Waals surface area contributed by atoms with Gasteiger partial charge < -0.3 is 15.0 Å². The Morgan fingerprint density at radius 2 is 2.07 bits per heavy atom. The fourth-order valence-electron chi connectivity index (χ4n) is 3.27. The maximum atomic E-state index is 11.7. The molecule has 1 aromatic heterocycles. The first kappa shape index (κ1) is 19.9. The number of nitro groups is 1. The van der Waals surface area contributed by atoms with Gasteiger partial charge in [0.05, 0.1) is 22.6 Å². The molecule has 1 saturated heterocycles. The minimum absolute atomic E-state index is 0.0262. The summed E-state index contributed by atoms with van der Waals surface area (Å²) in [4.78, 5) is 29.4. The van der Waals surface area contributed by atoms with Gasteiger partial charge >= 0.3 is 5.97 Å². The number of rotatable bonds is 5. The Labute approximate surface area is 167 Å². The molecule has 0 bridgehead atoms. The number of nitro benzene ring substituents is 1. The minimum Gasteiger partial charge on any atom is -0.465 e. The predicted octanol–water partition coefficient (Wildman–Crippen LogP) is 3.82. The molecule has 0 aliphatic carbocycles. The zero-order valence-corrected chi connectivity index (χ0v) is 16.4. The van der Waals surface area contributed by atoms with E-state index >= 15 is 0 Å². The van der Waals surface area contributed by atoms with Crippen molar-refractivity contribution in [3.05, 3.63) is 56.7 Å². The van der Waals surface area contributed by atoms with Crippen LogP contribution in [-0.2, 0) is 4.74 Å². The van der Waals surface area contributed by atoms with E-state index in [1.807, 2.05) is 25.1 Å². The molecule has 2 heterocycles. The average Bonchev–Trinajstić information content (AvgIpc) is 2.68. The molecule has 1 aliphatic rings. The van der Waals surface area contributed by atoms with Crippen molar-refractivity contribution in [3.63, 3.8) is 0 Å². The number of esters is 1. The summed E-state index contributed by atoms with van der Waals surface area (Å²) >= 11 is 6.14. The zero-order valence-electron chi connectivity index (χ0n) is 15.6. The summed E-state index contributed by atoms with van der Waals surface area (Å²) in [5.41, 5.74) is 1.04. The lowest BCUT2D eigenvalue weighted by Gasteiger charge is -2.33. The summed E-state index contributed by atoms with van der Waals surface area (Å²) in [7, 11) is 1.20. The van der Waals surface area contributed by atoms with Crippen molar-refractivity contribution >= 4 is 34.8 Å². The van der Waals surface area contributed by atoms with Crippen molar-refractivity contribution < 1.29 is 14.5 Å². The first-order valence-electron chi connectivity index (χ1n) is 8.90. The van der Waals surface area contributed by atoms with E-state index < -0.39 is 10.9 Å². The number of piperidine rings is 1. The van der Waals surface area contributed by atoms with Crippen molar-refractivity contribution in [3.8, 4) is 0 Å². The van der Waals surface area contributed by atoms with Gasteiger partial charge in [0, 0.05) is 30.9 Å². The standard InChI is InChI=1S/C19H21ClN4O4/c1-12-4-3-5-18(21-12)23-8-6-13(7-9-23)22-16-11-15(20)14(19(25)28-2)10-17(16)24(26)27/h3-5,10-11,13,22H,6-9H2,1-2H3. The van der Waals surface area contributed by atoms with Gasteiger partial charge in [0.25, 0.3) is 5.69 Å².